The van der Waals surface area contributed by atoms with Gasteiger partial charge in [0.1, 0.15) is 11.8 Å². The predicted molar refractivity (Wildman–Crippen MR) is 236 cm³/mol. The number of aliphatic hydroxyl groups excluding tert-OH is 10. The van der Waals surface area contributed by atoms with E-state index < -0.39 is 67.1 Å². The van der Waals surface area contributed by atoms with E-state index in [4.69, 9.17) is 4.74 Å². The number of imide groups is 1. The van der Waals surface area contributed by atoms with Crippen molar-refractivity contribution in [3.63, 3.8) is 0 Å². The van der Waals surface area contributed by atoms with E-state index in [1.54, 1.807) is 6.08 Å². The van der Waals surface area contributed by atoms with Crippen LogP contribution in [-0.4, -0.2) is 155 Å². The number of aliphatic hydroxyl groups is 10. The first-order valence-electron chi connectivity index (χ1n) is 22.7. The lowest BCUT2D eigenvalue weighted by Crippen LogP contribution is -2.41. The van der Waals surface area contributed by atoms with Crippen LogP contribution >= 0.6 is 0 Å². The highest BCUT2D eigenvalue weighted by molar-refractivity contribution is 6.08. The van der Waals surface area contributed by atoms with Gasteiger partial charge < -0.3 is 61.1 Å². The fourth-order valence-corrected chi connectivity index (χ4v) is 8.43. The molecule has 63 heavy (non-hydrogen) atoms. The molecule has 12 atom stereocenters. The first-order valence-corrected chi connectivity index (χ1v) is 22.7. The van der Waals surface area contributed by atoms with E-state index in [9.17, 15) is 65.4 Å². The number of hydrogen-bond acceptors (Lipinski definition) is 14. The van der Waals surface area contributed by atoms with Crippen LogP contribution in [0.5, 0.6) is 0 Å². The second kappa shape index (κ2) is 30.8. The van der Waals surface area contributed by atoms with Gasteiger partial charge in [-0.3, -0.25) is 19.3 Å². The number of rotatable bonds is 35. The Morgan fingerprint density at radius 2 is 1.10 bits per heavy atom. The van der Waals surface area contributed by atoms with E-state index in [1.807, 2.05) is 37.3 Å². The molecule has 2 rings (SSSR count). The summed E-state index contributed by atoms with van der Waals surface area (Å²) < 4.78 is 5.45. The summed E-state index contributed by atoms with van der Waals surface area (Å²) >= 11 is 0. The van der Waals surface area contributed by atoms with Crippen molar-refractivity contribution in [2.24, 2.45) is 5.92 Å². The van der Waals surface area contributed by atoms with Gasteiger partial charge in [0.25, 0.3) is 11.8 Å². The summed E-state index contributed by atoms with van der Waals surface area (Å²) in [5.41, 5.74) is 1.92. The first kappa shape index (κ1) is 55.8. The summed E-state index contributed by atoms with van der Waals surface area (Å²) in [7, 11) is 1.51. The fraction of sp³-hybridized carbons (Fsp3) is 0.723. The van der Waals surface area contributed by atoms with Crippen LogP contribution in [0, 0.1) is 5.92 Å². The van der Waals surface area contributed by atoms with Crippen LogP contribution in [0.1, 0.15) is 129 Å². The quantitative estimate of drug-likeness (QED) is 0.0265. The summed E-state index contributed by atoms with van der Waals surface area (Å²) in [6, 6.07) is 9.19. The lowest BCUT2D eigenvalue weighted by molar-refractivity contribution is -0.139. The minimum Gasteiger partial charge on any atom is -0.499 e. The van der Waals surface area contributed by atoms with Crippen LogP contribution in [0.25, 0.3) is 0 Å². The average molecular weight is 895 g/mol. The Bertz CT molecular complexity index is 1500. The van der Waals surface area contributed by atoms with Crippen molar-refractivity contribution in [1.82, 2.24) is 10.2 Å². The maximum atomic E-state index is 13.3. The van der Waals surface area contributed by atoms with Crippen molar-refractivity contribution < 1.29 is 70.2 Å². The molecule has 11 N–H and O–H groups in total. The zero-order valence-corrected chi connectivity index (χ0v) is 37.5. The molecule has 0 bridgehead atoms. The summed E-state index contributed by atoms with van der Waals surface area (Å²) in [6.07, 6.45) is -0.814. The maximum Gasteiger partial charge on any atom is 0.257 e. The number of benzene rings is 1. The third-order valence-corrected chi connectivity index (χ3v) is 11.5. The Hall–Kier alpha value is -3.29. The average Bonchev–Trinajstić information content (AvgIpc) is 3.50. The molecule has 0 fully saturated rings. The Labute approximate surface area is 373 Å². The van der Waals surface area contributed by atoms with Crippen LogP contribution in [-0.2, 0) is 25.5 Å². The van der Waals surface area contributed by atoms with Gasteiger partial charge >= 0.3 is 0 Å². The molecule has 0 aromatic heterocycles. The molecular weight excluding hydrogens is 817 g/mol. The molecule has 1 aliphatic rings. The monoisotopic (exact) mass is 895 g/mol. The molecule has 0 spiro atoms. The zero-order chi connectivity index (χ0) is 46.9. The molecule has 1 aromatic rings. The van der Waals surface area contributed by atoms with Crippen molar-refractivity contribution >= 4 is 18.2 Å². The highest BCUT2D eigenvalue weighted by Crippen LogP contribution is 2.26. The van der Waals surface area contributed by atoms with Gasteiger partial charge in [0.05, 0.1) is 68.1 Å². The summed E-state index contributed by atoms with van der Waals surface area (Å²) in [5, 5.41) is 105. The van der Waals surface area contributed by atoms with E-state index >= 15 is 0 Å². The van der Waals surface area contributed by atoms with E-state index in [0.717, 1.165) is 56.1 Å². The van der Waals surface area contributed by atoms with Gasteiger partial charge in [-0.1, -0.05) is 81.4 Å². The van der Waals surface area contributed by atoms with Gasteiger partial charge in [0.15, 0.2) is 0 Å². The van der Waals surface area contributed by atoms with Crippen LogP contribution in [0.4, 0.5) is 0 Å². The Kier molecular flexibility index (Phi) is 27.3. The third-order valence-electron chi connectivity index (χ3n) is 11.5. The van der Waals surface area contributed by atoms with Crippen LogP contribution in [0.2, 0.25) is 0 Å². The molecule has 1 aliphatic heterocycles. The van der Waals surface area contributed by atoms with Gasteiger partial charge in [-0.05, 0) is 82.6 Å². The minimum absolute atomic E-state index is 0.0503. The Morgan fingerprint density at radius 3 is 1.56 bits per heavy atom. The molecule has 3 amide bonds. The van der Waals surface area contributed by atoms with Crippen molar-refractivity contribution in [2.45, 2.75) is 197 Å². The SMILES string of the molecule is COC1=CC(=O)N(C(=O)/C=C(/C)CC(C)CCCCCCC[C@H](O)C[C@@H](O)C[C@@H](O)CC(O)CC(O)CC(O)C[C@@H](O)C[C@@H](O)C[C@@H](O)C[C@H](O)CNC=O)[C@H]1Cc1ccccc1. The highest BCUT2D eigenvalue weighted by Gasteiger charge is 2.37. The van der Waals surface area contributed by atoms with Gasteiger partial charge in [-0.25, -0.2) is 0 Å². The van der Waals surface area contributed by atoms with Crippen LogP contribution in [0.3, 0.4) is 0 Å². The van der Waals surface area contributed by atoms with Gasteiger partial charge in [0, 0.05) is 31.5 Å². The smallest absolute Gasteiger partial charge is 0.257 e. The molecule has 1 heterocycles. The Balaban J connectivity index is 1.57. The normalized spacial score (nSPS) is 19.9. The zero-order valence-electron chi connectivity index (χ0n) is 37.5. The first-order chi connectivity index (χ1) is 29.9. The number of unbranched alkanes of at least 4 members (excludes halogenated alkanes) is 4. The topological polar surface area (TPSA) is 278 Å². The van der Waals surface area contributed by atoms with Crippen molar-refractivity contribution in [3.05, 3.63) is 59.4 Å². The molecule has 1 aromatic carbocycles. The van der Waals surface area contributed by atoms with Crippen molar-refractivity contribution in [1.29, 1.82) is 0 Å². The predicted octanol–water partition coefficient (Wildman–Crippen LogP) is 2.07. The molecule has 360 valence electrons. The molecule has 0 radical (unpaired) electrons. The second-order valence-corrected chi connectivity index (χ2v) is 17.8. The third kappa shape index (κ3) is 24.0. The van der Waals surface area contributed by atoms with E-state index in [1.165, 1.54) is 18.1 Å². The van der Waals surface area contributed by atoms with Crippen molar-refractivity contribution in [3.8, 4) is 0 Å². The number of ether oxygens (including phenoxy) is 1. The van der Waals surface area contributed by atoms with Crippen LogP contribution < -0.4 is 5.32 Å². The Morgan fingerprint density at radius 1 is 0.667 bits per heavy atom. The second-order valence-electron chi connectivity index (χ2n) is 17.8. The largest absolute Gasteiger partial charge is 0.499 e. The lowest BCUT2D eigenvalue weighted by atomic mass is 9.94. The van der Waals surface area contributed by atoms with Crippen molar-refractivity contribution in [2.75, 3.05) is 13.7 Å². The highest BCUT2D eigenvalue weighted by atomic mass is 16.5. The van der Waals surface area contributed by atoms with Gasteiger partial charge in [-0.15, -0.1) is 0 Å². The number of allylic oxidation sites excluding steroid dienone is 1. The molecule has 0 saturated heterocycles. The lowest BCUT2D eigenvalue weighted by Gasteiger charge is -2.24. The number of nitrogens with zero attached hydrogens (tertiary/aromatic N) is 1. The van der Waals surface area contributed by atoms with E-state index in [2.05, 4.69) is 12.2 Å². The van der Waals surface area contributed by atoms with E-state index in [-0.39, 0.29) is 76.1 Å². The number of methoxy groups -OCH3 is 1. The molecule has 0 aliphatic carbocycles. The molecule has 4 unspecified atom stereocenters. The molecular formula is C47H78N2O14. The molecule has 16 nitrogen and oxygen atoms in total. The number of hydrogen-bond donors (Lipinski definition) is 11. The summed E-state index contributed by atoms with van der Waals surface area (Å²) in [5.74, 6) is 0.114. The molecule has 16 heteroatoms. The minimum atomic E-state index is -1.16. The van der Waals surface area contributed by atoms with Crippen LogP contribution in [0.15, 0.2) is 53.8 Å². The van der Waals surface area contributed by atoms with Gasteiger partial charge in [0.2, 0.25) is 6.41 Å². The summed E-state index contributed by atoms with van der Waals surface area (Å²) in [6.45, 7) is 4.02. The summed E-state index contributed by atoms with van der Waals surface area (Å²) in [4.78, 5) is 37.6. The maximum absolute atomic E-state index is 13.3. The van der Waals surface area contributed by atoms with Gasteiger partial charge in [-0.2, -0.15) is 0 Å². The number of amides is 3. The van der Waals surface area contributed by atoms with E-state index in [0.29, 0.717) is 30.9 Å². The standard InChI is InChI=1S/C47H78N2O14/c1-31(16-32(2)17-46(61)49-44(45(63-3)28-47(49)62)18-33-13-9-7-10-14-33)12-8-5-4-6-11-15-34(51)19-35(52)20-36(53)21-37(54)22-38(55)23-39(56)24-40(57)25-41(58)26-42(59)27-43(60)29-48-30-50/h7,9-10,13-14,17,28,30-31,34-44,51-60H,4-6,8,11-12,15-16,18-27,29H2,1-3H3,(H,48,50)/b32-17-/t31?,34-,35+,36+,37?,38?,39?,40+,41+,42+,43-,44-/m0/s1. The fourth-order valence-electron chi connectivity index (χ4n) is 8.43. The molecule has 0 saturated carbocycles. The number of carbonyl (C=O) groups excluding carboxylic acids is 3. The number of nitrogens with one attached hydrogen (secondary N) is 1. The number of carbonyl (C=O) groups is 3.